The standard InChI is InChI=1S/C15H22FN3O/c1-3-4-11-5-7-19(8-6-11)15(20)13-9-12(16)10-18-14(13)17-2/h9-11H,3-8H2,1-2H3,(H,17,18). The number of carbonyl (C=O) groups is 1. The van der Waals surface area contributed by atoms with Crippen LogP contribution in [0.4, 0.5) is 10.2 Å². The molecule has 0 saturated carbocycles. The Morgan fingerprint density at radius 1 is 1.50 bits per heavy atom. The van der Waals surface area contributed by atoms with Crippen molar-refractivity contribution >= 4 is 11.7 Å². The monoisotopic (exact) mass is 279 g/mol. The summed E-state index contributed by atoms with van der Waals surface area (Å²) in [5, 5.41) is 2.85. The van der Waals surface area contributed by atoms with Crippen molar-refractivity contribution in [3.8, 4) is 0 Å². The quantitative estimate of drug-likeness (QED) is 0.921. The first-order chi connectivity index (χ1) is 9.65. The van der Waals surface area contributed by atoms with Crippen molar-refractivity contribution in [2.24, 2.45) is 5.92 Å². The minimum atomic E-state index is -0.479. The number of nitrogens with one attached hydrogen (secondary N) is 1. The lowest BCUT2D eigenvalue weighted by Crippen LogP contribution is -2.38. The molecule has 20 heavy (non-hydrogen) atoms. The van der Waals surface area contributed by atoms with E-state index in [4.69, 9.17) is 0 Å². The highest BCUT2D eigenvalue weighted by Crippen LogP contribution is 2.24. The van der Waals surface area contributed by atoms with E-state index in [1.165, 1.54) is 18.9 Å². The molecule has 1 N–H and O–H groups in total. The summed E-state index contributed by atoms with van der Waals surface area (Å²) in [7, 11) is 1.69. The van der Waals surface area contributed by atoms with E-state index in [1.807, 2.05) is 4.90 Å². The second-order valence-electron chi connectivity index (χ2n) is 5.32. The van der Waals surface area contributed by atoms with Gasteiger partial charge in [-0.2, -0.15) is 0 Å². The number of anilines is 1. The number of hydrogen-bond acceptors (Lipinski definition) is 3. The summed E-state index contributed by atoms with van der Waals surface area (Å²) in [5.74, 6) is 0.551. The molecule has 0 atom stereocenters. The molecule has 1 fully saturated rings. The van der Waals surface area contributed by atoms with E-state index >= 15 is 0 Å². The van der Waals surface area contributed by atoms with E-state index < -0.39 is 5.82 Å². The molecule has 1 amide bonds. The molecule has 1 aromatic heterocycles. The molecule has 1 saturated heterocycles. The largest absolute Gasteiger partial charge is 0.372 e. The van der Waals surface area contributed by atoms with E-state index in [9.17, 15) is 9.18 Å². The highest BCUT2D eigenvalue weighted by Gasteiger charge is 2.25. The maximum Gasteiger partial charge on any atom is 0.257 e. The second-order valence-corrected chi connectivity index (χ2v) is 5.32. The summed E-state index contributed by atoms with van der Waals surface area (Å²) in [6, 6.07) is 1.26. The van der Waals surface area contributed by atoms with Crippen LogP contribution in [-0.2, 0) is 0 Å². The topological polar surface area (TPSA) is 45.2 Å². The van der Waals surface area contributed by atoms with Crippen LogP contribution in [0, 0.1) is 11.7 Å². The van der Waals surface area contributed by atoms with Gasteiger partial charge in [-0.05, 0) is 24.8 Å². The van der Waals surface area contributed by atoms with E-state index in [0.29, 0.717) is 11.4 Å². The van der Waals surface area contributed by atoms with Gasteiger partial charge < -0.3 is 10.2 Å². The fourth-order valence-electron chi connectivity index (χ4n) is 2.80. The fourth-order valence-corrected chi connectivity index (χ4v) is 2.80. The number of rotatable bonds is 4. The van der Waals surface area contributed by atoms with E-state index in [2.05, 4.69) is 17.2 Å². The molecule has 0 spiro atoms. The molecule has 0 aromatic carbocycles. The Balaban J connectivity index is 2.07. The second kappa shape index (κ2) is 6.68. The van der Waals surface area contributed by atoms with Crippen LogP contribution in [0.2, 0.25) is 0 Å². The van der Waals surface area contributed by atoms with Crippen LogP contribution in [0.25, 0.3) is 0 Å². The predicted molar refractivity (Wildman–Crippen MR) is 77.3 cm³/mol. The minimum absolute atomic E-state index is 0.128. The van der Waals surface area contributed by atoms with Gasteiger partial charge >= 0.3 is 0 Å². The van der Waals surface area contributed by atoms with Crippen LogP contribution in [0.3, 0.4) is 0 Å². The zero-order chi connectivity index (χ0) is 14.5. The van der Waals surface area contributed by atoms with Crippen molar-refractivity contribution in [3.63, 3.8) is 0 Å². The Kier molecular flexibility index (Phi) is 4.93. The van der Waals surface area contributed by atoms with Crippen molar-refractivity contribution in [1.82, 2.24) is 9.88 Å². The summed E-state index contributed by atoms with van der Waals surface area (Å²) in [5.41, 5.74) is 0.321. The van der Waals surface area contributed by atoms with Crippen LogP contribution in [0.15, 0.2) is 12.3 Å². The van der Waals surface area contributed by atoms with Gasteiger partial charge in [0, 0.05) is 20.1 Å². The van der Waals surface area contributed by atoms with E-state index in [1.54, 1.807) is 7.05 Å². The normalized spacial score (nSPS) is 16.2. The molecule has 0 bridgehead atoms. The van der Waals surface area contributed by atoms with Crippen molar-refractivity contribution in [2.75, 3.05) is 25.5 Å². The Bertz CT molecular complexity index is 470. The number of halogens is 1. The lowest BCUT2D eigenvalue weighted by molar-refractivity contribution is 0.0686. The summed E-state index contributed by atoms with van der Waals surface area (Å²) < 4.78 is 13.3. The van der Waals surface area contributed by atoms with Gasteiger partial charge in [0.05, 0.1) is 11.8 Å². The average molecular weight is 279 g/mol. The first kappa shape index (κ1) is 14.8. The predicted octanol–water partition coefficient (Wildman–Crippen LogP) is 2.91. The molecular formula is C15H22FN3O. The SMILES string of the molecule is CCCC1CCN(C(=O)c2cc(F)cnc2NC)CC1. The molecule has 1 aromatic rings. The molecule has 1 aliphatic heterocycles. The Labute approximate surface area is 119 Å². The van der Waals surface area contributed by atoms with Gasteiger partial charge in [0.1, 0.15) is 11.6 Å². The lowest BCUT2D eigenvalue weighted by atomic mass is 9.92. The van der Waals surface area contributed by atoms with Crippen molar-refractivity contribution in [1.29, 1.82) is 0 Å². The van der Waals surface area contributed by atoms with Gasteiger partial charge in [0.2, 0.25) is 0 Å². The number of amides is 1. The Morgan fingerprint density at radius 2 is 2.20 bits per heavy atom. The third kappa shape index (κ3) is 3.26. The molecule has 110 valence electrons. The maximum atomic E-state index is 13.3. The first-order valence-electron chi connectivity index (χ1n) is 7.28. The molecular weight excluding hydrogens is 257 g/mol. The van der Waals surface area contributed by atoms with Crippen LogP contribution in [0.1, 0.15) is 43.0 Å². The zero-order valence-electron chi connectivity index (χ0n) is 12.2. The van der Waals surface area contributed by atoms with Crippen molar-refractivity contribution in [3.05, 3.63) is 23.6 Å². The number of likely N-dealkylation sites (tertiary alicyclic amines) is 1. The number of hydrogen-bond donors (Lipinski definition) is 1. The molecule has 1 aliphatic rings. The number of carbonyl (C=O) groups excluding carboxylic acids is 1. The van der Waals surface area contributed by atoms with Crippen LogP contribution in [-0.4, -0.2) is 35.9 Å². The van der Waals surface area contributed by atoms with Crippen LogP contribution >= 0.6 is 0 Å². The smallest absolute Gasteiger partial charge is 0.257 e. The number of aromatic nitrogens is 1. The molecule has 2 heterocycles. The Hall–Kier alpha value is -1.65. The van der Waals surface area contributed by atoms with Gasteiger partial charge in [0.25, 0.3) is 5.91 Å². The number of piperidine rings is 1. The van der Waals surface area contributed by atoms with E-state index in [0.717, 1.165) is 38.0 Å². The van der Waals surface area contributed by atoms with Crippen LogP contribution < -0.4 is 5.32 Å². The number of pyridine rings is 1. The van der Waals surface area contributed by atoms with Crippen LogP contribution in [0.5, 0.6) is 0 Å². The summed E-state index contributed by atoms with van der Waals surface area (Å²) in [6.45, 7) is 3.70. The summed E-state index contributed by atoms with van der Waals surface area (Å²) in [4.78, 5) is 18.2. The Morgan fingerprint density at radius 3 is 2.80 bits per heavy atom. The molecule has 0 unspecified atom stereocenters. The summed E-state index contributed by atoms with van der Waals surface area (Å²) in [6.07, 6.45) is 5.62. The first-order valence-corrected chi connectivity index (χ1v) is 7.28. The highest BCUT2D eigenvalue weighted by molar-refractivity contribution is 5.98. The molecule has 5 heteroatoms. The highest BCUT2D eigenvalue weighted by atomic mass is 19.1. The third-order valence-electron chi connectivity index (χ3n) is 3.92. The van der Waals surface area contributed by atoms with Gasteiger partial charge in [-0.25, -0.2) is 9.37 Å². The zero-order valence-corrected chi connectivity index (χ0v) is 12.2. The lowest BCUT2D eigenvalue weighted by Gasteiger charge is -2.32. The van der Waals surface area contributed by atoms with Gasteiger partial charge in [-0.1, -0.05) is 19.8 Å². The van der Waals surface area contributed by atoms with Gasteiger partial charge in [-0.3, -0.25) is 4.79 Å². The van der Waals surface area contributed by atoms with Crippen molar-refractivity contribution < 1.29 is 9.18 Å². The van der Waals surface area contributed by atoms with Gasteiger partial charge in [0.15, 0.2) is 0 Å². The molecule has 4 nitrogen and oxygen atoms in total. The summed E-state index contributed by atoms with van der Waals surface area (Å²) >= 11 is 0. The van der Waals surface area contributed by atoms with Crippen molar-refractivity contribution in [2.45, 2.75) is 32.6 Å². The molecule has 0 aliphatic carbocycles. The molecule has 0 radical (unpaired) electrons. The minimum Gasteiger partial charge on any atom is -0.372 e. The van der Waals surface area contributed by atoms with E-state index in [-0.39, 0.29) is 5.91 Å². The van der Waals surface area contributed by atoms with Gasteiger partial charge in [-0.15, -0.1) is 0 Å². The molecule has 2 rings (SSSR count). The average Bonchev–Trinajstić information content (AvgIpc) is 2.47. The maximum absolute atomic E-state index is 13.3. The fraction of sp³-hybridized carbons (Fsp3) is 0.600. The third-order valence-corrected chi connectivity index (χ3v) is 3.92. The number of nitrogens with zero attached hydrogens (tertiary/aromatic N) is 2.